The van der Waals surface area contributed by atoms with Crippen LogP contribution in [-0.2, 0) is 19.6 Å². The molecule has 0 saturated heterocycles. The molecule has 11 nitrogen and oxygen atoms in total. The van der Waals surface area contributed by atoms with Crippen molar-refractivity contribution < 1.29 is 37.0 Å². The van der Waals surface area contributed by atoms with Crippen LogP contribution in [0.2, 0.25) is 5.02 Å². The van der Waals surface area contributed by atoms with E-state index in [0.717, 1.165) is 12.1 Å². The first-order valence-electron chi connectivity index (χ1n) is 8.63. The van der Waals surface area contributed by atoms with Crippen LogP contribution in [0, 0.1) is 0 Å². The molecule has 0 fully saturated rings. The van der Waals surface area contributed by atoms with E-state index in [1.54, 1.807) is 12.1 Å². The van der Waals surface area contributed by atoms with Gasteiger partial charge in [-0.2, -0.15) is 0 Å². The van der Waals surface area contributed by atoms with E-state index >= 15 is 0 Å². The van der Waals surface area contributed by atoms with Crippen molar-refractivity contribution in [3.63, 3.8) is 0 Å². The Kier molecular flexibility index (Phi) is 6.63. The average Bonchev–Trinajstić information content (AvgIpc) is 2.71. The Hall–Kier alpha value is -3.35. The minimum atomic E-state index is -4.16. The van der Waals surface area contributed by atoms with Crippen LogP contribution in [0.5, 0.6) is 11.5 Å². The van der Waals surface area contributed by atoms with E-state index in [1.807, 2.05) is 5.32 Å². The zero-order chi connectivity index (χ0) is 22.6. The predicted molar refractivity (Wildman–Crippen MR) is 108 cm³/mol. The summed E-state index contributed by atoms with van der Waals surface area (Å²) in [5.41, 5.74) is 0.158. The summed E-state index contributed by atoms with van der Waals surface area (Å²) in [4.78, 5) is 35.4. The lowest BCUT2D eigenvalue weighted by Crippen LogP contribution is -2.37. The van der Waals surface area contributed by atoms with Gasteiger partial charge < -0.3 is 19.5 Å². The van der Waals surface area contributed by atoms with Gasteiger partial charge in [-0.1, -0.05) is 11.6 Å². The Morgan fingerprint density at radius 1 is 1.06 bits per heavy atom. The molecule has 0 bridgehead atoms. The fourth-order valence-corrected chi connectivity index (χ4v) is 3.58. The standard InChI is InChI=1S/C18H16ClN3O8S/c19-12-3-1-10(7-15(12)31(20,26)27)17(24)30-9-16(23)22-18(25)21-11-2-4-13-14(8-11)29-6-5-28-13/h1-4,7-8H,5-6,9H2,(H2,20,26,27)(H2,21,22,23,25). The third kappa shape index (κ3) is 5.84. The lowest BCUT2D eigenvalue weighted by molar-refractivity contribution is -0.123. The summed E-state index contributed by atoms with van der Waals surface area (Å²) in [5.74, 6) is -0.938. The third-order valence-corrected chi connectivity index (χ3v) is 5.25. The number of amides is 3. The second-order valence-corrected chi connectivity index (χ2v) is 8.06. The van der Waals surface area contributed by atoms with E-state index in [1.165, 1.54) is 12.1 Å². The number of rotatable bonds is 5. The van der Waals surface area contributed by atoms with E-state index < -0.39 is 39.4 Å². The van der Waals surface area contributed by atoms with Crippen molar-refractivity contribution in [3.8, 4) is 11.5 Å². The average molecular weight is 470 g/mol. The number of imide groups is 1. The van der Waals surface area contributed by atoms with Gasteiger partial charge in [-0.15, -0.1) is 0 Å². The number of carbonyl (C=O) groups excluding carboxylic acids is 3. The zero-order valence-corrected chi connectivity index (χ0v) is 17.3. The number of halogens is 1. The summed E-state index contributed by atoms with van der Waals surface area (Å²) in [6.07, 6.45) is 0. The van der Waals surface area contributed by atoms with Gasteiger partial charge in [0.1, 0.15) is 18.1 Å². The van der Waals surface area contributed by atoms with Gasteiger partial charge in [0.2, 0.25) is 10.0 Å². The molecule has 13 heteroatoms. The molecule has 0 atom stereocenters. The molecule has 164 valence electrons. The van der Waals surface area contributed by atoms with E-state index in [9.17, 15) is 22.8 Å². The predicted octanol–water partition coefficient (Wildman–Crippen LogP) is 1.26. The molecule has 0 aromatic heterocycles. The van der Waals surface area contributed by atoms with Crippen LogP contribution in [-0.4, -0.2) is 46.1 Å². The van der Waals surface area contributed by atoms with Crippen LogP contribution < -0.4 is 25.2 Å². The monoisotopic (exact) mass is 469 g/mol. The normalized spacial score (nSPS) is 12.6. The molecule has 0 saturated carbocycles. The summed E-state index contributed by atoms with van der Waals surface area (Å²) in [6.45, 7) is 0.00635. The van der Waals surface area contributed by atoms with Gasteiger partial charge in [0, 0.05) is 11.8 Å². The maximum Gasteiger partial charge on any atom is 0.338 e. The molecule has 1 aliphatic heterocycles. The Labute approximate surface area is 181 Å². The van der Waals surface area contributed by atoms with Crippen LogP contribution in [0.1, 0.15) is 10.4 Å². The lowest BCUT2D eigenvalue weighted by atomic mass is 10.2. The first-order chi connectivity index (χ1) is 14.6. The molecule has 2 aromatic rings. The molecule has 4 N–H and O–H groups in total. The van der Waals surface area contributed by atoms with Gasteiger partial charge >= 0.3 is 12.0 Å². The van der Waals surface area contributed by atoms with E-state index in [2.05, 4.69) is 5.32 Å². The third-order valence-electron chi connectivity index (χ3n) is 3.86. The summed E-state index contributed by atoms with van der Waals surface area (Å²) < 4.78 is 38.5. The molecule has 3 rings (SSSR count). The summed E-state index contributed by atoms with van der Waals surface area (Å²) in [7, 11) is -4.16. The van der Waals surface area contributed by atoms with Gasteiger partial charge in [0.25, 0.3) is 5.91 Å². The summed E-state index contributed by atoms with van der Waals surface area (Å²) in [6, 6.07) is 7.11. The van der Waals surface area contributed by atoms with Crippen LogP contribution in [0.15, 0.2) is 41.3 Å². The van der Waals surface area contributed by atoms with Gasteiger partial charge in [-0.25, -0.2) is 23.1 Å². The van der Waals surface area contributed by atoms with Gasteiger partial charge in [0.15, 0.2) is 18.1 Å². The van der Waals surface area contributed by atoms with E-state index in [-0.39, 0.29) is 10.6 Å². The molecule has 1 aliphatic rings. The summed E-state index contributed by atoms with van der Waals surface area (Å²) in [5, 5.41) is 9.26. The molecule has 0 aliphatic carbocycles. The highest BCUT2D eigenvalue weighted by atomic mass is 35.5. The lowest BCUT2D eigenvalue weighted by Gasteiger charge is -2.19. The van der Waals surface area contributed by atoms with Gasteiger partial charge in [-0.3, -0.25) is 10.1 Å². The van der Waals surface area contributed by atoms with Gasteiger partial charge in [0.05, 0.1) is 10.6 Å². The smallest absolute Gasteiger partial charge is 0.338 e. The number of esters is 1. The Bertz CT molecular complexity index is 1150. The van der Waals surface area contributed by atoms with Gasteiger partial charge in [-0.05, 0) is 30.3 Å². The van der Waals surface area contributed by atoms with Crippen molar-refractivity contribution in [3.05, 3.63) is 47.0 Å². The van der Waals surface area contributed by atoms with Crippen molar-refractivity contribution in [2.45, 2.75) is 4.90 Å². The number of hydrogen-bond acceptors (Lipinski definition) is 8. The highest BCUT2D eigenvalue weighted by Crippen LogP contribution is 2.32. The molecule has 0 unspecified atom stereocenters. The second kappa shape index (κ2) is 9.20. The number of urea groups is 1. The number of ether oxygens (including phenoxy) is 3. The van der Waals surface area contributed by atoms with Crippen LogP contribution >= 0.6 is 11.6 Å². The SMILES string of the molecule is NS(=O)(=O)c1cc(C(=O)OCC(=O)NC(=O)Nc2ccc3c(c2)OCCO3)ccc1Cl. The molecule has 0 spiro atoms. The van der Waals surface area contributed by atoms with Crippen molar-refractivity contribution in [2.75, 3.05) is 25.1 Å². The fourth-order valence-electron chi connectivity index (χ4n) is 2.51. The maximum absolute atomic E-state index is 12.0. The molecule has 1 heterocycles. The van der Waals surface area contributed by atoms with Crippen molar-refractivity contribution >= 4 is 45.2 Å². The molecular formula is C18H16ClN3O8S. The number of nitrogens with one attached hydrogen (secondary N) is 2. The number of hydrogen-bond donors (Lipinski definition) is 3. The van der Waals surface area contributed by atoms with Crippen molar-refractivity contribution in [1.29, 1.82) is 0 Å². The first-order valence-corrected chi connectivity index (χ1v) is 10.6. The number of nitrogens with two attached hydrogens (primary N) is 1. The Morgan fingerprint density at radius 3 is 2.48 bits per heavy atom. The molecule has 0 radical (unpaired) electrons. The topological polar surface area (TPSA) is 163 Å². The number of primary sulfonamides is 1. The fraction of sp³-hybridized carbons (Fsp3) is 0.167. The highest BCUT2D eigenvalue weighted by molar-refractivity contribution is 7.89. The van der Waals surface area contributed by atoms with Crippen LogP contribution in [0.3, 0.4) is 0 Å². The maximum atomic E-state index is 12.0. The molecular weight excluding hydrogens is 454 g/mol. The Balaban J connectivity index is 1.53. The Morgan fingerprint density at radius 2 is 1.77 bits per heavy atom. The minimum absolute atomic E-state index is 0.174. The zero-order valence-electron chi connectivity index (χ0n) is 15.7. The van der Waals surface area contributed by atoms with E-state index in [4.69, 9.17) is 31.0 Å². The van der Waals surface area contributed by atoms with Crippen molar-refractivity contribution in [1.82, 2.24) is 5.32 Å². The molecule has 3 amide bonds. The number of anilines is 1. The molecule has 2 aromatic carbocycles. The van der Waals surface area contributed by atoms with Crippen molar-refractivity contribution in [2.24, 2.45) is 5.14 Å². The largest absolute Gasteiger partial charge is 0.486 e. The van der Waals surface area contributed by atoms with Crippen LogP contribution in [0.4, 0.5) is 10.5 Å². The number of benzene rings is 2. The number of carbonyl (C=O) groups is 3. The van der Waals surface area contributed by atoms with E-state index in [0.29, 0.717) is 30.4 Å². The second-order valence-electron chi connectivity index (χ2n) is 6.13. The van der Waals surface area contributed by atoms with Crippen LogP contribution in [0.25, 0.3) is 0 Å². The number of fused-ring (bicyclic) bond motifs is 1. The summed E-state index contributed by atoms with van der Waals surface area (Å²) >= 11 is 5.74. The molecule has 31 heavy (non-hydrogen) atoms. The first kappa shape index (κ1) is 22.3. The number of sulfonamides is 1. The highest BCUT2D eigenvalue weighted by Gasteiger charge is 2.19. The minimum Gasteiger partial charge on any atom is -0.486 e. The quantitative estimate of drug-likeness (QED) is 0.551.